The number of aliphatic hydroxyl groups excluding tert-OH is 1. The maximum Gasteiger partial charge on any atom is 0.319 e. The van der Waals surface area contributed by atoms with Crippen LogP contribution in [0.25, 0.3) is 0 Å². The molecule has 0 bridgehead atoms. The zero-order valence-corrected chi connectivity index (χ0v) is 8.38. The van der Waals surface area contributed by atoms with Crippen molar-refractivity contribution in [1.29, 1.82) is 0 Å². The van der Waals surface area contributed by atoms with Crippen molar-refractivity contribution < 1.29 is 9.90 Å². The van der Waals surface area contributed by atoms with Gasteiger partial charge in [-0.15, -0.1) is 5.10 Å². The van der Waals surface area contributed by atoms with Crippen LogP contribution < -0.4 is 10.6 Å². The lowest BCUT2D eigenvalue weighted by Crippen LogP contribution is -2.29. The lowest BCUT2D eigenvalue weighted by molar-refractivity contribution is 0.250. The minimum absolute atomic E-state index is 0.155. The summed E-state index contributed by atoms with van der Waals surface area (Å²) in [5, 5.41) is 17.9. The van der Waals surface area contributed by atoms with Gasteiger partial charge < -0.3 is 10.4 Å². The van der Waals surface area contributed by atoms with Crippen molar-refractivity contribution in [2.75, 3.05) is 18.5 Å². The van der Waals surface area contributed by atoms with Gasteiger partial charge in [0.15, 0.2) is 0 Å². The number of anilines is 1. The molecule has 0 fully saturated rings. The van der Waals surface area contributed by atoms with E-state index in [1.807, 2.05) is 0 Å². The smallest absolute Gasteiger partial charge is 0.319 e. The van der Waals surface area contributed by atoms with Crippen LogP contribution in [0.2, 0.25) is 0 Å². The van der Waals surface area contributed by atoms with Crippen molar-refractivity contribution in [2.45, 2.75) is 12.8 Å². The Morgan fingerprint density at radius 3 is 3.07 bits per heavy atom. The molecule has 0 aromatic carbocycles. The largest absolute Gasteiger partial charge is 0.396 e. The normalized spacial score (nSPS) is 9.79. The minimum Gasteiger partial charge on any atom is -0.396 e. The summed E-state index contributed by atoms with van der Waals surface area (Å²) in [6.07, 6.45) is 2.95. The third-order valence-corrected chi connectivity index (χ3v) is 2.05. The average Bonchev–Trinajstić information content (AvgIpc) is 2.65. The van der Waals surface area contributed by atoms with Gasteiger partial charge in [0.05, 0.1) is 6.20 Å². The van der Waals surface area contributed by atoms with Gasteiger partial charge in [-0.25, -0.2) is 4.79 Å². The topological polar surface area (TPSA) is 87.1 Å². The molecular weight excluding hydrogens is 204 g/mol. The lowest BCUT2D eigenvalue weighted by atomic mass is 10.3. The molecule has 1 aromatic rings. The Kier molecular flexibility index (Phi) is 4.87. The first-order valence-electron chi connectivity index (χ1n) is 4.26. The first-order valence-corrected chi connectivity index (χ1v) is 5.03. The van der Waals surface area contributed by atoms with E-state index in [1.165, 1.54) is 6.20 Å². The standard InChI is InChI=1S/C7H12N4O2S/c12-4-2-1-3-8-7(13)10-6-5-9-11-14-6/h5,12H,1-4H2,(H2,8,10,13). The molecule has 0 saturated carbocycles. The second kappa shape index (κ2) is 6.28. The van der Waals surface area contributed by atoms with Gasteiger partial charge in [-0.05, 0) is 12.8 Å². The van der Waals surface area contributed by atoms with Gasteiger partial charge in [0, 0.05) is 24.7 Å². The highest BCUT2D eigenvalue weighted by Crippen LogP contribution is 2.07. The fraction of sp³-hybridized carbons (Fsp3) is 0.571. The van der Waals surface area contributed by atoms with E-state index in [4.69, 9.17) is 5.11 Å². The lowest BCUT2D eigenvalue weighted by Gasteiger charge is -2.03. The molecule has 2 amide bonds. The molecule has 3 N–H and O–H groups in total. The van der Waals surface area contributed by atoms with Crippen LogP contribution in [-0.4, -0.2) is 33.9 Å². The number of nitrogens with one attached hydrogen (secondary N) is 2. The number of hydrogen-bond acceptors (Lipinski definition) is 5. The van der Waals surface area contributed by atoms with Crippen LogP contribution in [0.1, 0.15) is 12.8 Å². The Morgan fingerprint density at radius 2 is 2.43 bits per heavy atom. The van der Waals surface area contributed by atoms with Gasteiger partial charge >= 0.3 is 6.03 Å². The number of unbranched alkanes of at least 4 members (excludes halogenated alkanes) is 1. The van der Waals surface area contributed by atoms with Crippen molar-refractivity contribution in [3.05, 3.63) is 6.20 Å². The van der Waals surface area contributed by atoms with Crippen LogP contribution in [0.3, 0.4) is 0 Å². The molecule has 0 unspecified atom stereocenters. The molecule has 1 aromatic heterocycles. The first-order chi connectivity index (χ1) is 6.83. The Bertz CT molecular complexity index is 265. The molecule has 0 aliphatic heterocycles. The van der Waals surface area contributed by atoms with Gasteiger partial charge in [0.25, 0.3) is 0 Å². The summed E-state index contributed by atoms with van der Waals surface area (Å²) >= 11 is 1.12. The molecule has 1 rings (SSSR count). The summed E-state index contributed by atoms with van der Waals surface area (Å²) in [7, 11) is 0. The summed E-state index contributed by atoms with van der Waals surface area (Å²) in [6, 6.07) is -0.269. The van der Waals surface area contributed by atoms with E-state index in [-0.39, 0.29) is 12.6 Å². The highest BCUT2D eigenvalue weighted by atomic mass is 32.1. The van der Waals surface area contributed by atoms with Crippen LogP contribution in [0.5, 0.6) is 0 Å². The second-order valence-electron chi connectivity index (χ2n) is 2.59. The SMILES string of the molecule is O=C(NCCCCO)Nc1cnns1. The van der Waals surface area contributed by atoms with Crippen molar-refractivity contribution in [2.24, 2.45) is 0 Å². The molecule has 0 aliphatic rings. The van der Waals surface area contributed by atoms with Crippen molar-refractivity contribution in [3.8, 4) is 0 Å². The molecule has 14 heavy (non-hydrogen) atoms. The number of carbonyl (C=O) groups is 1. The highest BCUT2D eigenvalue weighted by molar-refractivity contribution is 7.10. The Balaban J connectivity index is 2.11. The van der Waals surface area contributed by atoms with Crippen molar-refractivity contribution in [1.82, 2.24) is 14.9 Å². The van der Waals surface area contributed by atoms with Crippen LogP contribution in [-0.2, 0) is 0 Å². The van der Waals surface area contributed by atoms with Gasteiger partial charge in [0.2, 0.25) is 0 Å². The predicted molar refractivity (Wildman–Crippen MR) is 53.3 cm³/mol. The Hall–Kier alpha value is -1.21. The van der Waals surface area contributed by atoms with Crippen molar-refractivity contribution in [3.63, 3.8) is 0 Å². The number of hydrogen-bond donors (Lipinski definition) is 3. The van der Waals surface area contributed by atoms with Gasteiger partial charge in [-0.1, -0.05) is 4.49 Å². The summed E-state index contributed by atoms with van der Waals surface area (Å²) in [4.78, 5) is 11.1. The van der Waals surface area contributed by atoms with E-state index < -0.39 is 0 Å². The quantitative estimate of drug-likeness (QED) is 0.623. The summed E-state index contributed by atoms with van der Waals surface area (Å²) in [5.74, 6) is 0. The van der Waals surface area contributed by atoms with E-state index >= 15 is 0 Å². The number of aromatic nitrogens is 2. The number of nitrogens with zero attached hydrogens (tertiary/aromatic N) is 2. The third kappa shape index (κ3) is 4.15. The third-order valence-electron chi connectivity index (χ3n) is 1.47. The van der Waals surface area contributed by atoms with Gasteiger partial charge in [0.1, 0.15) is 5.00 Å². The molecule has 78 valence electrons. The maximum atomic E-state index is 11.1. The van der Waals surface area contributed by atoms with E-state index in [0.717, 1.165) is 18.0 Å². The molecular formula is C7H12N4O2S. The number of rotatable bonds is 5. The Morgan fingerprint density at radius 1 is 1.57 bits per heavy atom. The predicted octanol–water partition coefficient (Wildman–Crippen LogP) is 0.432. The molecule has 6 nitrogen and oxygen atoms in total. The molecule has 0 atom stereocenters. The van der Waals surface area contributed by atoms with Crippen LogP contribution in [0.4, 0.5) is 9.80 Å². The molecule has 7 heteroatoms. The fourth-order valence-corrected chi connectivity index (χ4v) is 1.23. The van der Waals surface area contributed by atoms with Crippen LogP contribution in [0.15, 0.2) is 6.20 Å². The average molecular weight is 216 g/mol. The van der Waals surface area contributed by atoms with Crippen LogP contribution in [0, 0.1) is 0 Å². The number of urea groups is 1. The number of aliphatic hydroxyl groups is 1. The molecule has 0 radical (unpaired) electrons. The Labute approximate surface area is 85.5 Å². The van der Waals surface area contributed by atoms with E-state index in [1.54, 1.807) is 0 Å². The van der Waals surface area contributed by atoms with E-state index in [2.05, 4.69) is 20.2 Å². The fourth-order valence-electron chi connectivity index (χ4n) is 0.817. The van der Waals surface area contributed by atoms with Crippen molar-refractivity contribution >= 4 is 22.6 Å². The van der Waals surface area contributed by atoms with Gasteiger partial charge in [-0.2, -0.15) is 0 Å². The van der Waals surface area contributed by atoms with Gasteiger partial charge in [-0.3, -0.25) is 5.32 Å². The molecule has 0 aliphatic carbocycles. The van der Waals surface area contributed by atoms with Crippen LogP contribution >= 0.6 is 11.5 Å². The first kappa shape index (κ1) is 10.9. The second-order valence-corrected chi connectivity index (χ2v) is 3.38. The maximum absolute atomic E-state index is 11.1. The zero-order chi connectivity index (χ0) is 10.2. The zero-order valence-electron chi connectivity index (χ0n) is 7.56. The van der Waals surface area contributed by atoms with E-state index in [0.29, 0.717) is 18.0 Å². The highest BCUT2D eigenvalue weighted by Gasteiger charge is 2.01. The monoisotopic (exact) mass is 216 g/mol. The summed E-state index contributed by atoms with van der Waals surface area (Å²) in [5.41, 5.74) is 0. The minimum atomic E-state index is -0.269. The molecule has 0 spiro atoms. The van der Waals surface area contributed by atoms with E-state index in [9.17, 15) is 4.79 Å². The number of amides is 2. The summed E-state index contributed by atoms with van der Waals surface area (Å²) < 4.78 is 3.60. The number of carbonyl (C=O) groups excluding carboxylic acids is 1. The molecule has 0 saturated heterocycles. The summed E-state index contributed by atoms with van der Waals surface area (Å²) in [6.45, 7) is 0.709. The molecule has 1 heterocycles.